The number of fused-ring (bicyclic) bond motifs is 1. The van der Waals surface area contributed by atoms with Crippen LogP contribution in [0.25, 0.3) is 0 Å². The first-order valence-corrected chi connectivity index (χ1v) is 5.85. The molecule has 1 aromatic rings. The zero-order valence-electron chi connectivity index (χ0n) is 10.8. The first-order chi connectivity index (χ1) is 8.82. The Labute approximate surface area is 110 Å². The van der Waals surface area contributed by atoms with Gasteiger partial charge in [0.25, 0.3) is 11.7 Å². The van der Waals surface area contributed by atoms with Crippen molar-refractivity contribution in [3.8, 4) is 0 Å². The number of rotatable bonds is 3. The maximum absolute atomic E-state index is 12.0. The number of hydrogen-bond acceptors (Lipinski definition) is 4. The van der Waals surface area contributed by atoms with Gasteiger partial charge in [-0.15, -0.1) is 0 Å². The summed E-state index contributed by atoms with van der Waals surface area (Å²) in [5, 5.41) is 0. The van der Waals surface area contributed by atoms with Crippen molar-refractivity contribution in [3.05, 3.63) is 28.8 Å². The predicted octanol–water partition coefficient (Wildman–Crippen LogP) is -0.355. The van der Waals surface area contributed by atoms with E-state index in [1.807, 2.05) is 13.0 Å². The molecule has 0 aliphatic carbocycles. The summed E-state index contributed by atoms with van der Waals surface area (Å²) < 4.78 is 0. The Kier molecular flexibility index (Phi) is 3.11. The number of anilines is 1. The minimum atomic E-state index is -0.997. The second kappa shape index (κ2) is 4.47. The molecule has 1 atom stereocenters. The van der Waals surface area contributed by atoms with Crippen LogP contribution in [0.4, 0.5) is 5.69 Å². The second-order valence-corrected chi connectivity index (χ2v) is 4.73. The van der Waals surface area contributed by atoms with Crippen molar-refractivity contribution in [1.82, 2.24) is 0 Å². The molecule has 6 heteroatoms. The summed E-state index contributed by atoms with van der Waals surface area (Å²) >= 11 is 0. The SMILES string of the molecule is Cc1cc(C)c2c(c1)N(CC(N)C(N)=O)C(=O)C2=O. The average molecular weight is 261 g/mol. The molecule has 1 aliphatic rings. The fourth-order valence-corrected chi connectivity index (χ4v) is 2.26. The minimum absolute atomic E-state index is 0.0875. The van der Waals surface area contributed by atoms with Gasteiger partial charge >= 0.3 is 0 Å². The molecule has 19 heavy (non-hydrogen) atoms. The van der Waals surface area contributed by atoms with Crippen LogP contribution in [0.5, 0.6) is 0 Å². The molecule has 0 fully saturated rings. The molecule has 0 saturated carbocycles. The van der Waals surface area contributed by atoms with Crippen LogP contribution in [0.15, 0.2) is 12.1 Å². The summed E-state index contributed by atoms with van der Waals surface area (Å²) in [4.78, 5) is 36.1. The smallest absolute Gasteiger partial charge is 0.299 e. The Hall–Kier alpha value is -2.21. The normalized spacial score (nSPS) is 15.6. The Morgan fingerprint density at radius 2 is 1.95 bits per heavy atom. The van der Waals surface area contributed by atoms with Crippen molar-refractivity contribution in [2.24, 2.45) is 11.5 Å². The molecule has 100 valence electrons. The highest BCUT2D eigenvalue weighted by Crippen LogP contribution is 2.32. The zero-order chi connectivity index (χ0) is 14.3. The maximum atomic E-state index is 12.0. The highest BCUT2D eigenvalue weighted by molar-refractivity contribution is 6.52. The number of primary amides is 1. The molecule has 0 aromatic heterocycles. The summed E-state index contributed by atoms with van der Waals surface area (Å²) in [7, 11) is 0. The van der Waals surface area contributed by atoms with Gasteiger partial charge in [0, 0.05) is 0 Å². The number of carbonyl (C=O) groups excluding carboxylic acids is 3. The van der Waals surface area contributed by atoms with E-state index in [9.17, 15) is 14.4 Å². The van der Waals surface area contributed by atoms with Crippen LogP contribution in [-0.2, 0) is 9.59 Å². The van der Waals surface area contributed by atoms with E-state index in [1.54, 1.807) is 13.0 Å². The van der Waals surface area contributed by atoms with Gasteiger partial charge in [-0.25, -0.2) is 0 Å². The monoisotopic (exact) mass is 261 g/mol. The summed E-state index contributed by atoms with van der Waals surface area (Å²) in [6, 6.07) is 2.57. The Bertz CT molecular complexity index is 595. The Morgan fingerprint density at radius 3 is 2.53 bits per heavy atom. The molecule has 4 N–H and O–H groups in total. The molecule has 2 rings (SSSR count). The van der Waals surface area contributed by atoms with E-state index < -0.39 is 23.6 Å². The number of nitrogens with two attached hydrogens (primary N) is 2. The summed E-state index contributed by atoms with van der Waals surface area (Å²) in [6.45, 7) is 3.55. The Morgan fingerprint density at radius 1 is 1.32 bits per heavy atom. The lowest BCUT2D eigenvalue weighted by atomic mass is 10.0. The van der Waals surface area contributed by atoms with Crippen molar-refractivity contribution in [2.75, 3.05) is 11.4 Å². The van der Waals surface area contributed by atoms with Crippen LogP contribution in [-0.4, -0.2) is 30.2 Å². The molecular formula is C13H15N3O3. The predicted molar refractivity (Wildman–Crippen MR) is 69.8 cm³/mol. The van der Waals surface area contributed by atoms with E-state index in [-0.39, 0.29) is 6.54 Å². The van der Waals surface area contributed by atoms with Gasteiger partial charge in [0.2, 0.25) is 5.91 Å². The molecule has 1 unspecified atom stereocenters. The number of Topliss-reactive ketones (excluding diaryl/α,β-unsaturated/α-hetero) is 1. The number of nitrogens with zero attached hydrogens (tertiary/aromatic N) is 1. The van der Waals surface area contributed by atoms with Gasteiger partial charge in [-0.3, -0.25) is 14.4 Å². The molecule has 6 nitrogen and oxygen atoms in total. The molecule has 1 aromatic carbocycles. The molecule has 2 amide bonds. The maximum Gasteiger partial charge on any atom is 0.299 e. The zero-order valence-corrected chi connectivity index (χ0v) is 10.8. The highest BCUT2D eigenvalue weighted by Gasteiger charge is 2.38. The first kappa shape index (κ1) is 13.2. The van der Waals surface area contributed by atoms with Crippen molar-refractivity contribution in [1.29, 1.82) is 0 Å². The third kappa shape index (κ3) is 2.10. The summed E-state index contributed by atoms with van der Waals surface area (Å²) in [6.07, 6.45) is 0. The molecule has 1 aliphatic heterocycles. The van der Waals surface area contributed by atoms with Crippen molar-refractivity contribution < 1.29 is 14.4 Å². The van der Waals surface area contributed by atoms with Crippen LogP contribution in [0.2, 0.25) is 0 Å². The standard InChI is InChI=1S/C13H15N3O3/c1-6-3-7(2)10-9(4-6)16(13(19)11(10)17)5-8(14)12(15)18/h3-4,8H,5,14H2,1-2H3,(H2,15,18). The second-order valence-electron chi connectivity index (χ2n) is 4.73. The van der Waals surface area contributed by atoms with Crippen LogP contribution < -0.4 is 16.4 Å². The topological polar surface area (TPSA) is 106 Å². The quantitative estimate of drug-likeness (QED) is 0.725. The lowest BCUT2D eigenvalue weighted by Gasteiger charge is -2.19. The number of amides is 2. The number of aryl methyl sites for hydroxylation is 2. The van der Waals surface area contributed by atoms with Gasteiger partial charge in [-0.2, -0.15) is 0 Å². The van der Waals surface area contributed by atoms with Crippen LogP contribution >= 0.6 is 0 Å². The third-order valence-electron chi connectivity index (χ3n) is 3.16. The van der Waals surface area contributed by atoms with Gasteiger partial charge in [-0.1, -0.05) is 6.07 Å². The lowest BCUT2D eigenvalue weighted by Crippen LogP contribution is -2.47. The minimum Gasteiger partial charge on any atom is -0.368 e. The molecule has 0 radical (unpaired) electrons. The molecule has 0 spiro atoms. The van der Waals surface area contributed by atoms with Crippen LogP contribution in [0.3, 0.4) is 0 Å². The first-order valence-electron chi connectivity index (χ1n) is 5.85. The average Bonchev–Trinajstić information content (AvgIpc) is 2.54. The van der Waals surface area contributed by atoms with Gasteiger partial charge in [0.15, 0.2) is 0 Å². The van der Waals surface area contributed by atoms with Gasteiger partial charge in [-0.05, 0) is 31.0 Å². The van der Waals surface area contributed by atoms with Gasteiger partial charge in [0.1, 0.15) is 6.04 Å². The Balaban J connectivity index is 2.47. The summed E-state index contributed by atoms with van der Waals surface area (Å²) in [5.41, 5.74) is 13.2. The molecular weight excluding hydrogens is 246 g/mol. The van der Waals surface area contributed by atoms with Gasteiger partial charge < -0.3 is 16.4 Å². The van der Waals surface area contributed by atoms with Crippen molar-refractivity contribution in [2.45, 2.75) is 19.9 Å². The molecule has 0 saturated heterocycles. The number of benzene rings is 1. The van der Waals surface area contributed by atoms with Crippen molar-refractivity contribution in [3.63, 3.8) is 0 Å². The highest BCUT2D eigenvalue weighted by atomic mass is 16.2. The van der Waals surface area contributed by atoms with Gasteiger partial charge in [0.05, 0.1) is 17.8 Å². The largest absolute Gasteiger partial charge is 0.368 e. The lowest BCUT2D eigenvalue weighted by molar-refractivity contribution is -0.119. The van der Waals surface area contributed by atoms with E-state index in [1.165, 1.54) is 4.90 Å². The van der Waals surface area contributed by atoms with E-state index in [0.717, 1.165) is 11.1 Å². The molecule has 1 heterocycles. The van der Waals surface area contributed by atoms with Crippen molar-refractivity contribution >= 4 is 23.3 Å². The van der Waals surface area contributed by atoms with Crippen LogP contribution in [0.1, 0.15) is 21.5 Å². The van der Waals surface area contributed by atoms with E-state index in [4.69, 9.17) is 11.5 Å². The molecule has 0 bridgehead atoms. The number of ketones is 1. The number of carbonyl (C=O) groups is 3. The fourth-order valence-electron chi connectivity index (χ4n) is 2.26. The van der Waals surface area contributed by atoms with E-state index >= 15 is 0 Å². The number of hydrogen-bond donors (Lipinski definition) is 2. The summed E-state index contributed by atoms with van der Waals surface area (Å²) in [5.74, 6) is -1.94. The third-order valence-corrected chi connectivity index (χ3v) is 3.16. The van der Waals surface area contributed by atoms with Crippen LogP contribution in [0, 0.1) is 13.8 Å². The van der Waals surface area contributed by atoms with E-state index in [2.05, 4.69) is 0 Å². The fraction of sp³-hybridized carbons (Fsp3) is 0.308. The van der Waals surface area contributed by atoms with E-state index in [0.29, 0.717) is 11.3 Å².